The van der Waals surface area contributed by atoms with E-state index in [4.69, 9.17) is 4.98 Å². The summed E-state index contributed by atoms with van der Waals surface area (Å²) in [5.74, 6) is 1.24. The quantitative estimate of drug-likeness (QED) is 0.921. The molecule has 2 unspecified atom stereocenters. The number of fused-ring (bicyclic) bond motifs is 3. The monoisotopic (exact) mass is 285 g/mol. The second-order valence-electron chi connectivity index (χ2n) is 7.09. The average molecular weight is 285 g/mol. The largest absolute Gasteiger partial charge is 0.354 e. The molecule has 2 saturated heterocycles. The first-order valence-electron chi connectivity index (χ1n) is 8.85. The van der Waals surface area contributed by atoms with Gasteiger partial charge in [-0.25, -0.2) is 4.98 Å². The Morgan fingerprint density at radius 1 is 1.19 bits per heavy atom. The third-order valence-corrected chi connectivity index (χ3v) is 5.56. The van der Waals surface area contributed by atoms with Gasteiger partial charge < -0.3 is 10.2 Å². The van der Waals surface area contributed by atoms with E-state index in [0.29, 0.717) is 6.04 Å². The summed E-state index contributed by atoms with van der Waals surface area (Å²) in [6, 6.07) is 6.81. The molecule has 2 atom stereocenters. The fourth-order valence-electron chi connectivity index (χ4n) is 4.58. The van der Waals surface area contributed by atoms with E-state index in [1.165, 1.54) is 68.4 Å². The first-order chi connectivity index (χ1) is 10.3. The van der Waals surface area contributed by atoms with Crippen LogP contribution in [-0.2, 0) is 12.8 Å². The van der Waals surface area contributed by atoms with E-state index < -0.39 is 0 Å². The number of anilines is 1. The van der Waals surface area contributed by atoms with E-state index in [-0.39, 0.29) is 0 Å². The highest BCUT2D eigenvalue weighted by molar-refractivity contribution is 5.44. The van der Waals surface area contributed by atoms with E-state index in [9.17, 15) is 0 Å². The van der Waals surface area contributed by atoms with Gasteiger partial charge in [-0.1, -0.05) is 13.0 Å². The summed E-state index contributed by atoms with van der Waals surface area (Å²) in [6.45, 7) is 3.44. The van der Waals surface area contributed by atoms with Gasteiger partial charge in [0.2, 0.25) is 0 Å². The molecule has 1 aromatic heterocycles. The SMILES string of the molecule is CCCN(c1ccc2c(n1)CCC2)C1CC2CCC(C1)N2. The number of piperidine rings is 1. The van der Waals surface area contributed by atoms with Crippen molar-refractivity contribution in [2.75, 3.05) is 11.4 Å². The van der Waals surface area contributed by atoms with Crippen molar-refractivity contribution >= 4 is 5.82 Å². The fourth-order valence-corrected chi connectivity index (χ4v) is 4.58. The Morgan fingerprint density at radius 2 is 2.00 bits per heavy atom. The number of pyridine rings is 1. The predicted molar refractivity (Wildman–Crippen MR) is 86.9 cm³/mol. The van der Waals surface area contributed by atoms with E-state index in [2.05, 4.69) is 29.3 Å². The number of rotatable bonds is 4. The number of hydrogen-bond acceptors (Lipinski definition) is 3. The van der Waals surface area contributed by atoms with Crippen LogP contribution in [0.15, 0.2) is 12.1 Å². The second-order valence-corrected chi connectivity index (χ2v) is 7.09. The van der Waals surface area contributed by atoms with Crippen LogP contribution in [0.4, 0.5) is 5.82 Å². The number of aromatic nitrogens is 1. The molecule has 3 nitrogen and oxygen atoms in total. The molecule has 2 fully saturated rings. The molecule has 21 heavy (non-hydrogen) atoms. The van der Waals surface area contributed by atoms with Crippen LogP contribution in [0.3, 0.4) is 0 Å². The van der Waals surface area contributed by atoms with Crippen molar-refractivity contribution in [3.63, 3.8) is 0 Å². The third-order valence-electron chi connectivity index (χ3n) is 5.56. The summed E-state index contributed by atoms with van der Waals surface area (Å²) in [4.78, 5) is 7.64. The van der Waals surface area contributed by atoms with Crippen LogP contribution in [0, 0.1) is 0 Å². The Bertz CT molecular complexity index is 501. The zero-order chi connectivity index (χ0) is 14.2. The lowest BCUT2D eigenvalue weighted by molar-refractivity contribution is 0.345. The van der Waals surface area contributed by atoms with Gasteiger partial charge in [0.25, 0.3) is 0 Å². The molecule has 0 saturated carbocycles. The summed E-state index contributed by atoms with van der Waals surface area (Å²) in [5, 5.41) is 3.76. The Kier molecular flexibility index (Phi) is 3.62. The number of aryl methyl sites for hydroxylation is 2. The minimum absolute atomic E-state index is 0.690. The summed E-state index contributed by atoms with van der Waals surface area (Å²) in [6.07, 6.45) is 10.3. The Hall–Kier alpha value is -1.09. The molecule has 3 heterocycles. The summed E-state index contributed by atoms with van der Waals surface area (Å²) in [5.41, 5.74) is 2.85. The Morgan fingerprint density at radius 3 is 2.76 bits per heavy atom. The topological polar surface area (TPSA) is 28.2 Å². The van der Waals surface area contributed by atoms with Crippen LogP contribution in [0.1, 0.15) is 56.7 Å². The van der Waals surface area contributed by atoms with Crippen molar-refractivity contribution in [3.05, 3.63) is 23.4 Å². The number of hydrogen-bond donors (Lipinski definition) is 1. The molecular formula is C18H27N3. The van der Waals surface area contributed by atoms with Crippen LogP contribution < -0.4 is 10.2 Å². The second kappa shape index (κ2) is 5.60. The molecule has 0 aromatic carbocycles. The van der Waals surface area contributed by atoms with Crippen molar-refractivity contribution in [2.24, 2.45) is 0 Å². The molecule has 0 radical (unpaired) electrons. The minimum atomic E-state index is 0.690. The Labute approximate surface area is 128 Å². The lowest BCUT2D eigenvalue weighted by Crippen LogP contribution is -2.49. The minimum Gasteiger partial charge on any atom is -0.354 e. The molecule has 2 aliphatic heterocycles. The highest BCUT2D eigenvalue weighted by Gasteiger charge is 2.36. The van der Waals surface area contributed by atoms with Gasteiger partial charge in [0, 0.05) is 30.4 Å². The third kappa shape index (κ3) is 2.57. The molecule has 0 amide bonds. The predicted octanol–water partition coefficient (Wildman–Crippen LogP) is 3.07. The molecule has 4 rings (SSSR count). The van der Waals surface area contributed by atoms with Crippen molar-refractivity contribution in [1.29, 1.82) is 0 Å². The van der Waals surface area contributed by atoms with Crippen LogP contribution >= 0.6 is 0 Å². The molecule has 1 aromatic rings. The van der Waals surface area contributed by atoms with Crippen LogP contribution in [0.25, 0.3) is 0 Å². The zero-order valence-corrected chi connectivity index (χ0v) is 13.1. The Balaban J connectivity index is 1.59. The lowest BCUT2D eigenvalue weighted by Gasteiger charge is -2.38. The van der Waals surface area contributed by atoms with Crippen molar-refractivity contribution < 1.29 is 0 Å². The smallest absolute Gasteiger partial charge is 0.129 e. The summed E-state index contributed by atoms with van der Waals surface area (Å²) < 4.78 is 0. The van der Waals surface area contributed by atoms with Gasteiger partial charge in [-0.15, -0.1) is 0 Å². The normalized spacial score (nSPS) is 30.4. The van der Waals surface area contributed by atoms with Gasteiger partial charge >= 0.3 is 0 Å². The van der Waals surface area contributed by atoms with Gasteiger partial charge in [-0.2, -0.15) is 0 Å². The van der Waals surface area contributed by atoms with E-state index in [0.717, 1.165) is 18.6 Å². The molecule has 3 aliphatic rings. The van der Waals surface area contributed by atoms with Gasteiger partial charge in [-0.3, -0.25) is 0 Å². The van der Waals surface area contributed by atoms with Gasteiger partial charge in [0.15, 0.2) is 0 Å². The zero-order valence-electron chi connectivity index (χ0n) is 13.1. The van der Waals surface area contributed by atoms with E-state index in [1.807, 2.05) is 0 Å². The molecule has 3 heteroatoms. The van der Waals surface area contributed by atoms with Gasteiger partial charge in [0.1, 0.15) is 5.82 Å². The van der Waals surface area contributed by atoms with Crippen molar-refractivity contribution in [2.45, 2.75) is 76.4 Å². The molecule has 0 spiro atoms. The standard InChI is InChI=1S/C18H27N3/c1-2-10-21(16-11-14-7-8-15(12-16)19-14)18-9-6-13-4-3-5-17(13)20-18/h6,9,14-16,19H,2-5,7-8,10-12H2,1H3. The fraction of sp³-hybridized carbons (Fsp3) is 0.722. The number of nitrogens with zero attached hydrogens (tertiary/aromatic N) is 2. The highest BCUT2D eigenvalue weighted by Crippen LogP contribution is 2.32. The van der Waals surface area contributed by atoms with Crippen LogP contribution in [-0.4, -0.2) is 29.7 Å². The summed E-state index contributed by atoms with van der Waals surface area (Å²) >= 11 is 0. The van der Waals surface area contributed by atoms with Gasteiger partial charge in [0.05, 0.1) is 0 Å². The highest BCUT2D eigenvalue weighted by atomic mass is 15.2. The lowest BCUT2D eigenvalue weighted by atomic mass is 9.97. The first kappa shape index (κ1) is 13.6. The van der Waals surface area contributed by atoms with Crippen molar-refractivity contribution in [3.8, 4) is 0 Å². The van der Waals surface area contributed by atoms with Crippen LogP contribution in [0.5, 0.6) is 0 Å². The molecule has 1 aliphatic carbocycles. The molecule has 1 N–H and O–H groups in total. The molecular weight excluding hydrogens is 258 g/mol. The maximum absolute atomic E-state index is 5.02. The maximum atomic E-state index is 5.02. The average Bonchev–Trinajstić information content (AvgIpc) is 3.10. The van der Waals surface area contributed by atoms with Crippen molar-refractivity contribution in [1.82, 2.24) is 10.3 Å². The van der Waals surface area contributed by atoms with Gasteiger partial charge in [-0.05, 0) is 63.0 Å². The maximum Gasteiger partial charge on any atom is 0.129 e. The molecule has 2 bridgehead atoms. The summed E-state index contributed by atoms with van der Waals surface area (Å²) in [7, 11) is 0. The number of nitrogens with one attached hydrogen (secondary N) is 1. The van der Waals surface area contributed by atoms with E-state index >= 15 is 0 Å². The van der Waals surface area contributed by atoms with E-state index in [1.54, 1.807) is 0 Å². The first-order valence-corrected chi connectivity index (χ1v) is 8.85. The van der Waals surface area contributed by atoms with Crippen LogP contribution in [0.2, 0.25) is 0 Å². The molecule has 114 valence electrons.